The lowest BCUT2D eigenvalue weighted by Crippen LogP contribution is -2.44. The molecule has 0 radical (unpaired) electrons. The Morgan fingerprint density at radius 3 is 2.12 bits per heavy atom. The Morgan fingerprint density at radius 1 is 1.31 bits per heavy atom. The molecule has 0 amide bonds. The molecule has 0 saturated carbocycles. The topological polar surface area (TPSA) is 9.23 Å². The molecule has 0 N–H and O–H groups in total. The second-order valence-electron chi connectivity index (χ2n) is 5.76. The van der Waals surface area contributed by atoms with Gasteiger partial charge in [-0.05, 0) is 22.2 Å². The van der Waals surface area contributed by atoms with Crippen LogP contribution >= 0.6 is 22.6 Å². The summed E-state index contributed by atoms with van der Waals surface area (Å²) < 4.78 is 8.38. The second-order valence-corrected chi connectivity index (χ2v) is 11.2. The Labute approximate surface area is 116 Å². The number of hydrogen-bond acceptors (Lipinski definition) is 1. The van der Waals surface area contributed by atoms with E-state index in [0.717, 1.165) is 0 Å². The minimum absolute atomic E-state index is 0.131. The van der Waals surface area contributed by atoms with Crippen LogP contribution in [0.5, 0.6) is 0 Å². The van der Waals surface area contributed by atoms with Crippen LogP contribution in [0.2, 0.25) is 18.1 Å². The second kappa shape index (κ2) is 6.35. The first-order valence-corrected chi connectivity index (χ1v) is 9.88. The van der Waals surface area contributed by atoms with Gasteiger partial charge in [0.15, 0.2) is 8.32 Å². The lowest BCUT2D eigenvalue weighted by atomic mass is 10.1. The molecule has 0 saturated heterocycles. The highest BCUT2D eigenvalue weighted by molar-refractivity contribution is 14.1. The average molecular weight is 352 g/mol. The van der Waals surface area contributed by atoms with Gasteiger partial charge < -0.3 is 4.43 Å². The van der Waals surface area contributed by atoms with E-state index in [1.807, 2.05) is 10.2 Å². The third kappa shape index (κ3) is 4.71. The monoisotopic (exact) mass is 352 g/mol. The highest BCUT2D eigenvalue weighted by atomic mass is 127. The van der Waals surface area contributed by atoms with Crippen LogP contribution in [-0.4, -0.2) is 14.4 Å². The fourth-order valence-electron chi connectivity index (χ4n) is 1.11. The predicted molar refractivity (Wildman–Crippen MR) is 84.6 cm³/mol. The van der Waals surface area contributed by atoms with Crippen LogP contribution in [-0.2, 0) is 4.43 Å². The predicted octanol–water partition coefficient (Wildman–Crippen LogP) is 5.15. The lowest BCUT2D eigenvalue weighted by molar-refractivity contribution is 0.190. The molecule has 0 aromatic rings. The zero-order chi connectivity index (χ0) is 13.0. The summed E-state index contributed by atoms with van der Waals surface area (Å²) in [6.45, 7) is 17.4. The quantitative estimate of drug-likeness (QED) is 0.378. The van der Waals surface area contributed by atoms with Crippen LogP contribution in [0, 0.1) is 5.92 Å². The molecule has 0 aromatic heterocycles. The number of halogens is 1. The van der Waals surface area contributed by atoms with E-state index in [9.17, 15) is 0 Å². The highest BCUT2D eigenvalue weighted by Gasteiger charge is 2.39. The summed E-state index contributed by atoms with van der Waals surface area (Å²) in [5.74, 6) is 0.392. The molecule has 16 heavy (non-hydrogen) atoms. The maximum Gasteiger partial charge on any atom is 0.192 e. The van der Waals surface area contributed by atoms with Crippen molar-refractivity contribution in [1.29, 1.82) is 0 Å². The minimum Gasteiger partial charge on any atom is -0.410 e. The maximum absolute atomic E-state index is 6.33. The molecule has 2 atom stereocenters. The van der Waals surface area contributed by atoms with Crippen molar-refractivity contribution >= 4 is 30.9 Å². The third-order valence-electron chi connectivity index (χ3n) is 3.36. The molecule has 0 spiro atoms. The van der Waals surface area contributed by atoms with Crippen LogP contribution in [0.3, 0.4) is 0 Å². The molecule has 0 unspecified atom stereocenters. The zero-order valence-electron chi connectivity index (χ0n) is 11.4. The average Bonchev–Trinajstić information content (AvgIpc) is 2.12. The van der Waals surface area contributed by atoms with Gasteiger partial charge in [-0.2, -0.15) is 0 Å². The molecule has 0 heterocycles. The van der Waals surface area contributed by atoms with Gasteiger partial charge in [0, 0.05) is 5.92 Å². The van der Waals surface area contributed by atoms with E-state index in [2.05, 4.69) is 76.0 Å². The molecule has 0 aliphatic carbocycles. The van der Waals surface area contributed by atoms with E-state index in [1.165, 1.54) is 0 Å². The summed E-state index contributed by atoms with van der Waals surface area (Å²) >= 11 is 2.25. The molecule has 3 heteroatoms. The van der Waals surface area contributed by atoms with Crippen molar-refractivity contribution in [3.05, 3.63) is 22.8 Å². The molecular formula is C13H25IOSi. The van der Waals surface area contributed by atoms with Gasteiger partial charge in [-0.1, -0.05) is 62.4 Å². The van der Waals surface area contributed by atoms with Crippen molar-refractivity contribution in [3.63, 3.8) is 0 Å². The molecule has 0 aliphatic rings. The fourth-order valence-corrected chi connectivity index (χ4v) is 3.11. The summed E-state index contributed by atoms with van der Waals surface area (Å²) in [5, 5.41) is 0.252. The van der Waals surface area contributed by atoms with Gasteiger partial charge in [-0.3, -0.25) is 0 Å². The summed E-state index contributed by atoms with van der Waals surface area (Å²) in [6.07, 6.45) is 4.23. The Bertz CT molecular complexity index is 253. The molecule has 0 rings (SSSR count). The number of hydrogen-bond donors (Lipinski definition) is 0. The van der Waals surface area contributed by atoms with Crippen molar-refractivity contribution in [2.24, 2.45) is 5.92 Å². The van der Waals surface area contributed by atoms with Crippen LogP contribution in [0.1, 0.15) is 27.7 Å². The van der Waals surface area contributed by atoms with E-state index in [4.69, 9.17) is 4.43 Å². The molecule has 94 valence electrons. The van der Waals surface area contributed by atoms with Crippen molar-refractivity contribution in [2.75, 3.05) is 0 Å². The van der Waals surface area contributed by atoms with Gasteiger partial charge >= 0.3 is 0 Å². The standard InChI is InChI=1S/C13H25IOSi/c1-8-12(11(2)9-10-14)15-16(6,7)13(3,4)5/h8-12H,1H2,2-7H3/b10-9+/t11-,12-/m1/s1. The summed E-state index contributed by atoms with van der Waals surface area (Å²) in [7, 11) is -1.69. The summed E-state index contributed by atoms with van der Waals surface area (Å²) in [6, 6.07) is 0. The van der Waals surface area contributed by atoms with Crippen molar-refractivity contribution in [2.45, 2.75) is 51.9 Å². The first kappa shape index (κ1) is 16.4. The van der Waals surface area contributed by atoms with Crippen molar-refractivity contribution in [3.8, 4) is 0 Å². The van der Waals surface area contributed by atoms with E-state index >= 15 is 0 Å². The van der Waals surface area contributed by atoms with Crippen LogP contribution in [0.15, 0.2) is 22.8 Å². The molecular weight excluding hydrogens is 327 g/mol. The van der Waals surface area contributed by atoms with E-state index in [1.54, 1.807) is 0 Å². The van der Waals surface area contributed by atoms with Crippen molar-refractivity contribution < 1.29 is 4.43 Å². The number of rotatable bonds is 5. The highest BCUT2D eigenvalue weighted by Crippen LogP contribution is 2.38. The van der Waals surface area contributed by atoms with Crippen molar-refractivity contribution in [1.82, 2.24) is 0 Å². The van der Waals surface area contributed by atoms with Crippen LogP contribution in [0.4, 0.5) is 0 Å². The molecule has 0 bridgehead atoms. The third-order valence-corrected chi connectivity index (χ3v) is 8.25. The lowest BCUT2D eigenvalue weighted by Gasteiger charge is -2.39. The minimum atomic E-state index is -1.69. The largest absolute Gasteiger partial charge is 0.410 e. The summed E-state index contributed by atoms with van der Waals surface area (Å²) in [5.41, 5.74) is 0. The summed E-state index contributed by atoms with van der Waals surface area (Å²) in [4.78, 5) is 0. The van der Waals surface area contributed by atoms with Gasteiger partial charge in [0.1, 0.15) is 0 Å². The maximum atomic E-state index is 6.33. The fraction of sp³-hybridized carbons (Fsp3) is 0.692. The Balaban J connectivity index is 4.73. The smallest absolute Gasteiger partial charge is 0.192 e. The van der Waals surface area contributed by atoms with Crippen LogP contribution in [0.25, 0.3) is 0 Å². The first-order valence-electron chi connectivity index (χ1n) is 5.73. The van der Waals surface area contributed by atoms with Gasteiger partial charge in [0.25, 0.3) is 0 Å². The Kier molecular flexibility index (Phi) is 6.51. The SMILES string of the molecule is C=C[C@@H](O[Si](C)(C)C(C)(C)C)[C@H](C)/C=C/I. The van der Waals surface area contributed by atoms with Gasteiger partial charge in [-0.15, -0.1) is 6.58 Å². The Hall–Kier alpha value is 0.387. The van der Waals surface area contributed by atoms with Crippen LogP contribution < -0.4 is 0 Å². The Morgan fingerprint density at radius 2 is 1.81 bits per heavy atom. The van der Waals surface area contributed by atoms with Gasteiger partial charge in [0.2, 0.25) is 0 Å². The first-order chi connectivity index (χ1) is 7.15. The van der Waals surface area contributed by atoms with E-state index < -0.39 is 8.32 Å². The normalized spacial score (nSPS) is 17.4. The molecule has 0 fully saturated rings. The van der Waals surface area contributed by atoms with Gasteiger partial charge in [-0.25, -0.2) is 0 Å². The van der Waals surface area contributed by atoms with Gasteiger partial charge in [0.05, 0.1) is 6.10 Å². The zero-order valence-corrected chi connectivity index (χ0v) is 14.5. The molecule has 0 aromatic carbocycles. The van der Waals surface area contributed by atoms with E-state index in [-0.39, 0.29) is 11.1 Å². The molecule has 1 nitrogen and oxygen atoms in total. The van der Waals surface area contributed by atoms with E-state index in [0.29, 0.717) is 5.92 Å². The molecule has 0 aliphatic heterocycles.